The first-order chi connectivity index (χ1) is 15.1. The molecule has 3 aromatic rings. The zero-order valence-corrected chi connectivity index (χ0v) is 18.3. The highest BCUT2D eigenvalue weighted by Gasteiger charge is 2.20. The normalized spacial score (nSPS) is 15.8. The summed E-state index contributed by atoms with van der Waals surface area (Å²) in [6.45, 7) is 4.94. The molecule has 1 unspecified atom stereocenters. The Hall–Kier alpha value is -3.28. The summed E-state index contributed by atoms with van der Waals surface area (Å²) in [5.74, 6) is 1.78. The minimum atomic E-state index is -0.229. The number of carbonyl (C=O) groups is 1. The van der Waals surface area contributed by atoms with Gasteiger partial charge < -0.3 is 14.5 Å². The Morgan fingerprint density at radius 1 is 1.26 bits per heavy atom. The minimum absolute atomic E-state index is 0.229. The van der Waals surface area contributed by atoms with E-state index in [4.69, 9.17) is 9.47 Å². The van der Waals surface area contributed by atoms with Crippen LogP contribution in [-0.2, 0) is 12.8 Å². The maximum Gasteiger partial charge on any atom is 0.271 e. The van der Waals surface area contributed by atoms with E-state index in [9.17, 15) is 4.79 Å². The molecule has 1 aliphatic carbocycles. The average molecular weight is 420 g/mol. The van der Waals surface area contributed by atoms with E-state index in [1.807, 2.05) is 36.4 Å². The van der Waals surface area contributed by atoms with Crippen LogP contribution in [0, 0.1) is 5.92 Å². The molecule has 31 heavy (non-hydrogen) atoms. The molecular formula is C25H29N3O3. The fraction of sp³-hybridized carbons (Fsp3) is 0.360. The van der Waals surface area contributed by atoms with E-state index in [-0.39, 0.29) is 5.91 Å². The molecule has 6 nitrogen and oxygen atoms in total. The fourth-order valence-corrected chi connectivity index (χ4v) is 4.06. The van der Waals surface area contributed by atoms with Gasteiger partial charge in [0, 0.05) is 22.2 Å². The number of aromatic amines is 1. The largest absolute Gasteiger partial charge is 0.493 e. The first kappa shape index (κ1) is 21.0. The van der Waals surface area contributed by atoms with Crippen molar-refractivity contribution in [3.63, 3.8) is 0 Å². The molecular weight excluding hydrogens is 390 g/mol. The van der Waals surface area contributed by atoms with Crippen molar-refractivity contribution >= 4 is 23.0 Å². The fourth-order valence-electron chi connectivity index (χ4n) is 4.06. The zero-order valence-electron chi connectivity index (χ0n) is 18.3. The quantitative estimate of drug-likeness (QED) is 0.424. The number of nitrogens with zero attached hydrogens (tertiary/aromatic N) is 1. The lowest BCUT2D eigenvalue weighted by molar-refractivity contribution is 0.0955. The molecule has 1 amide bonds. The Kier molecular flexibility index (Phi) is 6.26. The summed E-state index contributed by atoms with van der Waals surface area (Å²) >= 11 is 0. The monoisotopic (exact) mass is 419 g/mol. The summed E-state index contributed by atoms with van der Waals surface area (Å²) in [4.78, 5) is 16.2. The van der Waals surface area contributed by atoms with Crippen LogP contribution in [0.5, 0.6) is 11.5 Å². The summed E-state index contributed by atoms with van der Waals surface area (Å²) in [6.07, 6.45) is 5.85. The summed E-state index contributed by atoms with van der Waals surface area (Å²) in [5.41, 5.74) is 7.81. The highest BCUT2D eigenvalue weighted by Crippen LogP contribution is 2.32. The van der Waals surface area contributed by atoms with Gasteiger partial charge in [-0.25, -0.2) is 5.43 Å². The molecule has 2 aromatic carbocycles. The molecule has 0 spiro atoms. The van der Waals surface area contributed by atoms with Gasteiger partial charge in [0.05, 0.1) is 19.9 Å². The third-order valence-electron chi connectivity index (χ3n) is 5.73. The van der Waals surface area contributed by atoms with Crippen LogP contribution in [0.3, 0.4) is 0 Å². The van der Waals surface area contributed by atoms with Crippen LogP contribution in [0.15, 0.2) is 41.5 Å². The van der Waals surface area contributed by atoms with Gasteiger partial charge in [0.25, 0.3) is 5.91 Å². The molecule has 1 atom stereocenters. The number of hydrogen-bond donors (Lipinski definition) is 2. The predicted octanol–water partition coefficient (Wildman–Crippen LogP) is 4.85. The van der Waals surface area contributed by atoms with Gasteiger partial charge in [-0.05, 0) is 79.1 Å². The molecule has 2 N–H and O–H groups in total. The van der Waals surface area contributed by atoms with E-state index in [2.05, 4.69) is 29.4 Å². The highest BCUT2D eigenvalue weighted by atomic mass is 16.5. The van der Waals surface area contributed by atoms with E-state index >= 15 is 0 Å². The standard InChI is InChI=1S/C25H29N3O3/c1-4-11-31-24-13-17(6-10-23(24)30-3)15-26-28-25(29)18-7-9-22-20(14-18)19-12-16(2)5-8-21(19)27-22/h6-7,9-10,13-16,27H,4-5,8,11-12H2,1-3H3,(H,28,29)/b26-15-. The van der Waals surface area contributed by atoms with E-state index in [1.54, 1.807) is 13.3 Å². The first-order valence-electron chi connectivity index (χ1n) is 10.9. The van der Waals surface area contributed by atoms with Crippen LogP contribution in [-0.4, -0.2) is 30.8 Å². The Morgan fingerprint density at radius 3 is 2.94 bits per heavy atom. The number of rotatable bonds is 7. The van der Waals surface area contributed by atoms with Gasteiger partial charge in [0.15, 0.2) is 11.5 Å². The SMILES string of the molecule is CCCOc1cc(/C=N\NC(=O)c2ccc3[nH]c4c(c3c2)CC(C)CC4)ccc1OC. The molecule has 1 heterocycles. The number of H-pyrrole nitrogens is 1. The van der Waals surface area contributed by atoms with Crippen molar-refractivity contribution in [2.75, 3.05) is 13.7 Å². The number of aromatic nitrogens is 1. The molecule has 0 fully saturated rings. The summed E-state index contributed by atoms with van der Waals surface area (Å²) < 4.78 is 11.1. The van der Waals surface area contributed by atoms with Crippen LogP contribution >= 0.6 is 0 Å². The predicted molar refractivity (Wildman–Crippen MR) is 123 cm³/mol. The third kappa shape index (κ3) is 4.58. The van der Waals surface area contributed by atoms with Gasteiger partial charge in [-0.15, -0.1) is 0 Å². The molecule has 0 saturated heterocycles. The van der Waals surface area contributed by atoms with Gasteiger partial charge in [-0.3, -0.25) is 4.79 Å². The van der Waals surface area contributed by atoms with Gasteiger partial charge in [-0.2, -0.15) is 5.10 Å². The molecule has 162 valence electrons. The molecule has 0 radical (unpaired) electrons. The minimum Gasteiger partial charge on any atom is -0.493 e. The van der Waals surface area contributed by atoms with Crippen LogP contribution in [0.1, 0.15) is 53.9 Å². The molecule has 0 aliphatic heterocycles. The Labute approximate surface area is 182 Å². The molecule has 0 bridgehead atoms. The number of nitrogens with one attached hydrogen (secondary N) is 2. The van der Waals surface area contributed by atoms with E-state index < -0.39 is 0 Å². The van der Waals surface area contributed by atoms with Gasteiger partial charge in [0.2, 0.25) is 0 Å². The second kappa shape index (κ2) is 9.25. The zero-order chi connectivity index (χ0) is 21.8. The van der Waals surface area contributed by atoms with Crippen molar-refractivity contribution in [2.45, 2.75) is 39.5 Å². The van der Waals surface area contributed by atoms with Crippen molar-refractivity contribution in [2.24, 2.45) is 11.0 Å². The smallest absolute Gasteiger partial charge is 0.271 e. The van der Waals surface area contributed by atoms with Gasteiger partial charge in [-0.1, -0.05) is 13.8 Å². The van der Waals surface area contributed by atoms with Crippen molar-refractivity contribution in [3.8, 4) is 11.5 Å². The van der Waals surface area contributed by atoms with Gasteiger partial charge >= 0.3 is 0 Å². The third-order valence-corrected chi connectivity index (χ3v) is 5.73. The summed E-state index contributed by atoms with van der Waals surface area (Å²) in [5, 5.41) is 5.28. The Bertz CT molecular complexity index is 1120. The summed E-state index contributed by atoms with van der Waals surface area (Å²) in [6, 6.07) is 11.3. The molecule has 6 heteroatoms. The number of benzene rings is 2. The average Bonchev–Trinajstić information content (AvgIpc) is 3.14. The van der Waals surface area contributed by atoms with Crippen molar-refractivity contribution in [3.05, 3.63) is 58.8 Å². The van der Waals surface area contributed by atoms with Crippen LogP contribution in [0.4, 0.5) is 0 Å². The number of fused-ring (bicyclic) bond motifs is 3. The van der Waals surface area contributed by atoms with Crippen molar-refractivity contribution < 1.29 is 14.3 Å². The number of methoxy groups -OCH3 is 1. The number of hydrazone groups is 1. The molecule has 4 rings (SSSR count). The molecule has 1 aromatic heterocycles. The number of aryl methyl sites for hydroxylation is 1. The van der Waals surface area contributed by atoms with Crippen molar-refractivity contribution in [1.29, 1.82) is 0 Å². The molecule has 0 saturated carbocycles. The summed E-state index contributed by atoms with van der Waals surface area (Å²) in [7, 11) is 1.61. The number of hydrogen-bond acceptors (Lipinski definition) is 4. The second-order valence-electron chi connectivity index (χ2n) is 8.15. The number of amides is 1. The van der Waals surface area contributed by atoms with Crippen molar-refractivity contribution in [1.82, 2.24) is 10.4 Å². The maximum absolute atomic E-state index is 12.7. The lowest BCUT2D eigenvalue weighted by atomic mass is 9.87. The topological polar surface area (TPSA) is 75.7 Å². The van der Waals surface area contributed by atoms with E-state index in [0.717, 1.165) is 35.7 Å². The van der Waals surface area contributed by atoms with Crippen LogP contribution < -0.4 is 14.9 Å². The van der Waals surface area contributed by atoms with Crippen LogP contribution in [0.25, 0.3) is 10.9 Å². The lowest BCUT2D eigenvalue weighted by Crippen LogP contribution is -2.17. The maximum atomic E-state index is 12.7. The number of carbonyl (C=O) groups excluding carboxylic acids is 1. The Balaban J connectivity index is 1.48. The van der Waals surface area contributed by atoms with E-state index in [0.29, 0.717) is 29.6 Å². The van der Waals surface area contributed by atoms with Gasteiger partial charge in [0.1, 0.15) is 0 Å². The lowest BCUT2D eigenvalue weighted by Gasteiger charge is -2.18. The second-order valence-corrected chi connectivity index (χ2v) is 8.15. The Morgan fingerprint density at radius 2 is 2.13 bits per heavy atom. The highest BCUT2D eigenvalue weighted by molar-refractivity contribution is 5.99. The van der Waals surface area contributed by atoms with Crippen LogP contribution in [0.2, 0.25) is 0 Å². The number of ether oxygens (including phenoxy) is 2. The van der Waals surface area contributed by atoms with E-state index in [1.165, 1.54) is 17.7 Å². The molecule has 1 aliphatic rings. The first-order valence-corrected chi connectivity index (χ1v) is 10.9.